The highest BCUT2D eigenvalue weighted by atomic mass is 32.2. The van der Waals surface area contributed by atoms with Gasteiger partial charge in [-0.05, 0) is 56.8 Å². The van der Waals surface area contributed by atoms with E-state index in [4.69, 9.17) is 0 Å². The lowest BCUT2D eigenvalue weighted by Crippen LogP contribution is -2.40. The van der Waals surface area contributed by atoms with Crippen molar-refractivity contribution in [1.82, 2.24) is 0 Å². The van der Waals surface area contributed by atoms with E-state index in [0.717, 1.165) is 34.0 Å². The number of fused-ring (bicyclic) bond motifs is 2. The molecule has 0 spiro atoms. The van der Waals surface area contributed by atoms with Crippen LogP contribution in [0.15, 0.2) is 59.5 Å². The lowest BCUT2D eigenvalue weighted by molar-refractivity contribution is -0.0438. The number of halogens is 3. The number of anilines is 1. The van der Waals surface area contributed by atoms with Crippen molar-refractivity contribution in [1.29, 1.82) is 0 Å². The highest BCUT2D eigenvalue weighted by Crippen LogP contribution is 2.55. The summed E-state index contributed by atoms with van der Waals surface area (Å²) in [7, 11) is -5.61. The number of sulfonamides is 1. The second-order valence-corrected chi connectivity index (χ2v) is 13.6. The van der Waals surface area contributed by atoms with Crippen LogP contribution in [0.5, 0.6) is 0 Å². The van der Waals surface area contributed by atoms with Crippen LogP contribution in [0.3, 0.4) is 0 Å². The largest absolute Gasteiger partial charge is 0.516 e. The van der Waals surface area contributed by atoms with Gasteiger partial charge in [0.1, 0.15) is 5.37 Å². The van der Waals surface area contributed by atoms with Gasteiger partial charge in [0.2, 0.25) is 0 Å². The quantitative estimate of drug-likeness (QED) is 0.354. The Labute approximate surface area is 203 Å². The molecular weight excluding hydrogens is 479 g/mol. The molecule has 4 rings (SSSR count). The molecule has 182 valence electrons. The summed E-state index contributed by atoms with van der Waals surface area (Å²) in [5.41, 5.74) is -1.03. The smallest absolute Gasteiger partial charge is 0.244 e. The molecule has 1 aromatic carbocycles. The fraction of sp³-hybridized carbons (Fsp3) is 0.385. The molecule has 1 unspecified atom stereocenters. The average Bonchev–Trinajstić information content (AvgIpc) is 3.19. The maximum absolute atomic E-state index is 13.7. The molecule has 0 saturated carbocycles. The van der Waals surface area contributed by atoms with Crippen molar-refractivity contribution in [3.05, 3.63) is 71.3 Å². The van der Waals surface area contributed by atoms with Gasteiger partial charge in [0.25, 0.3) is 0 Å². The minimum absolute atomic E-state index is 0.0477. The van der Waals surface area contributed by atoms with Gasteiger partial charge in [0, 0.05) is 4.90 Å². The first kappa shape index (κ1) is 24.9. The number of alkyl halides is 3. The third kappa shape index (κ3) is 4.09. The topological polar surface area (TPSA) is 37.4 Å². The van der Waals surface area contributed by atoms with Crippen LogP contribution in [0.25, 0.3) is 11.1 Å². The third-order valence-electron chi connectivity index (χ3n) is 6.03. The van der Waals surface area contributed by atoms with E-state index < -0.39 is 20.9 Å². The Morgan fingerprint density at radius 3 is 1.97 bits per heavy atom. The van der Waals surface area contributed by atoms with Gasteiger partial charge in [0.05, 0.1) is 5.69 Å². The summed E-state index contributed by atoms with van der Waals surface area (Å²) in [5, 5.41) is -1.07. The zero-order valence-electron chi connectivity index (χ0n) is 20.0. The SMILES string of the molecule is CC(C)(C)c1cc(C(C)(C)C)c2cc(C3Sc4ccccc4N3S(=O)(=O)C(F)(F)F)cccc1-2. The van der Waals surface area contributed by atoms with Crippen LogP contribution in [0, 0.1) is 0 Å². The molecular formula is C26H28F3NO2S2. The molecule has 8 heteroatoms. The molecule has 1 aromatic rings. The van der Waals surface area contributed by atoms with Gasteiger partial charge in [-0.2, -0.15) is 21.6 Å². The van der Waals surface area contributed by atoms with Crippen molar-refractivity contribution in [3.8, 4) is 11.1 Å². The number of hydrogen-bond acceptors (Lipinski definition) is 3. The third-order valence-corrected chi connectivity index (χ3v) is 8.98. The first-order chi connectivity index (χ1) is 15.5. The first-order valence-corrected chi connectivity index (χ1v) is 13.3. The van der Waals surface area contributed by atoms with Crippen LogP contribution < -0.4 is 4.31 Å². The highest BCUT2D eigenvalue weighted by Gasteiger charge is 2.55. The molecule has 1 heterocycles. The average molecular weight is 508 g/mol. The molecule has 3 aliphatic rings. The van der Waals surface area contributed by atoms with Gasteiger partial charge in [-0.1, -0.05) is 89.7 Å². The maximum atomic E-state index is 13.7. The minimum Gasteiger partial charge on any atom is -0.244 e. The molecule has 1 atom stereocenters. The zero-order valence-corrected chi connectivity index (χ0v) is 21.6. The number of hydrogen-bond donors (Lipinski definition) is 0. The lowest BCUT2D eigenvalue weighted by atomic mass is 9.85. The number of para-hydroxylation sites is 1. The van der Waals surface area contributed by atoms with E-state index in [1.807, 2.05) is 12.1 Å². The van der Waals surface area contributed by atoms with Gasteiger partial charge >= 0.3 is 15.5 Å². The van der Waals surface area contributed by atoms with E-state index in [2.05, 4.69) is 47.6 Å². The van der Waals surface area contributed by atoms with Gasteiger partial charge in [0.15, 0.2) is 0 Å². The minimum atomic E-state index is -5.61. The number of benzene rings is 1. The van der Waals surface area contributed by atoms with E-state index in [1.165, 1.54) is 6.07 Å². The van der Waals surface area contributed by atoms with Crippen LogP contribution in [-0.4, -0.2) is 13.9 Å². The molecule has 0 aromatic heterocycles. The van der Waals surface area contributed by atoms with E-state index in [9.17, 15) is 21.6 Å². The standard InChI is InChI=1S/C26H28F3NO2S2/c1-24(2,3)19-15-20(25(4,5)6)18-14-16(10-9-11-17(18)19)23-30(34(31,32)26(27,28)29)21-12-7-8-13-22(21)33-23/h7-15,23H,1-6H3. The summed E-state index contributed by atoms with van der Waals surface area (Å²) in [6, 6.07) is 15.9. The van der Waals surface area contributed by atoms with Gasteiger partial charge in [-0.15, -0.1) is 0 Å². The van der Waals surface area contributed by atoms with Crippen LogP contribution in [0.4, 0.5) is 18.9 Å². The Bertz CT molecular complexity index is 1320. The fourth-order valence-electron chi connectivity index (χ4n) is 4.39. The summed E-state index contributed by atoms with van der Waals surface area (Å²) in [4.78, 5) is 0.497. The predicted molar refractivity (Wildman–Crippen MR) is 133 cm³/mol. The van der Waals surface area contributed by atoms with Crippen molar-refractivity contribution in [3.63, 3.8) is 0 Å². The molecule has 2 aliphatic carbocycles. The Morgan fingerprint density at radius 1 is 0.794 bits per heavy atom. The molecule has 0 amide bonds. The molecule has 0 radical (unpaired) electrons. The first-order valence-electron chi connectivity index (χ1n) is 11.0. The van der Waals surface area contributed by atoms with Crippen molar-refractivity contribution in [2.45, 2.75) is 68.2 Å². The van der Waals surface area contributed by atoms with Crippen LogP contribution >= 0.6 is 11.8 Å². The summed E-state index contributed by atoms with van der Waals surface area (Å²) in [5.74, 6) is 0. The van der Waals surface area contributed by atoms with Crippen molar-refractivity contribution in [2.75, 3.05) is 4.31 Å². The van der Waals surface area contributed by atoms with Crippen LogP contribution in [-0.2, 0) is 20.9 Å². The summed E-state index contributed by atoms with van der Waals surface area (Å²) < 4.78 is 67.0. The Kier molecular flexibility index (Phi) is 5.80. The fourth-order valence-corrected chi connectivity index (χ4v) is 7.11. The van der Waals surface area contributed by atoms with Gasteiger partial charge < -0.3 is 0 Å². The van der Waals surface area contributed by atoms with E-state index in [0.29, 0.717) is 14.8 Å². The molecule has 0 N–H and O–H groups in total. The summed E-state index contributed by atoms with van der Waals surface area (Å²) in [6.45, 7) is 12.7. The molecule has 34 heavy (non-hydrogen) atoms. The van der Waals surface area contributed by atoms with E-state index in [1.54, 1.807) is 30.3 Å². The maximum Gasteiger partial charge on any atom is 0.516 e. The van der Waals surface area contributed by atoms with E-state index >= 15 is 0 Å². The Balaban J connectivity index is 1.96. The second-order valence-electron chi connectivity index (χ2n) is 10.7. The number of thioether (sulfide) groups is 1. The van der Waals surface area contributed by atoms with Crippen molar-refractivity contribution < 1.29 is 21.6 Å². The van der Waals surface area contributed by atoms with Crippen molar-refractivity contribution >= 4 is 27.5 Å². The van der Waals surface area contributed by atoms with Crippen LogP contribution in [0.1, 0.15) is 63.6 Å². The van der Waals surface area contributed by atoms with Crippen molar-refractivity contribution in [2.24, 2.45) is 0 Å². The predicted octanol–water partition coefficient (Wildman–Crippen LogP) is 7.85. The summed E-state index contributed by atoms with van der Waals surface area (Å²) >= 11 is 1.12. The van der Waals surface area contributed by atoms with E-state index in [-0.39, 0.29) is 16.5 Å². The second kappa shape index (κ2) is 7.92. The Morgan fingerprint density at radius 2 is 1.38 bits per heavy atom. The van der Waals surface area contributed by atoms with Gasteiger partial charge in [-0.3, -0.25) is 0 Å². The molecule has 0 fully saturated rings. The lowest BCUT2D eigenvalue weighted by Gasteiger charge is -2.27. The number of rotatable bonds is 2. The summed E-state index contributed by atoms with van der Waals surface area (Å²) in [6.07, 6.45) is 0. The molecule has 3 nitrogen and oxygen atoms in total. The van der Waals surface area contributed by atoms with Crippen LogP contribution in [0.2, 0.25) is 0 Å². The molecule has 0 bridgehead atoms. The van der Waals surface area contributed by atoms with Gasteiger partial charge in [-0.25, -0.2) is 4.31 Å². The molecule has 1 aliphatic heterocycles. The number of nitrogens with zero attached hydrogens (tertiary/aromatic N) is 1. The molecule has 0 saturated heterocycles. The Hall–Kier alpha value is -2.19. The normalized spacial score (nSPS) is 17.3. The highest BCUT2D eigenvalue weighted by molar-refractivity contribution is 8.02. The zero-order chi connectivity index (χ0) is 25.3. The monoisotopic (exact) mass is 507 g/mol.